The second kappa shape index (κ2) is 9.06. The quantitative estimate of drug-likeness (QED) is 0.710. The maximum atomic E-state index is 14.0. The van der Waals surface area contributed by atoms with Crippen LogP contribution in [0.5, 0.6) is 0 Å². The predicted octanol–water partition coefficient (Wildman–Crippen LogP) is 2.67. The zero-order chi connectivity index (χ0) is 22.0. The zero-order valence-corrected chi connectivity index (χ0v) is 18.5. The predicted molar refractivity (Wildman–Crippen MR) is 116 cm³/mol. The second-order valence-electron chi connectivity index (χ2n) is 8.22. The van der Waals surface area contributed by atoms with Gasteiger partial charge in [0.15, 0.2) is 0 Å². The Balaban J connectivity index is 1.36. The fourth-order valence-corrected chi connectivity index (χ4v) is 6.02. The van der Waals surface area contributed by atoms with E-state index in [0.29, 0.717) is 13.1 Å². The number of benzene rings is 2. The van der Waals surface area contributed by atoms with Gasteiger partial charge in [-0.3, -0.25) is 9.69 Å². The summed E-state index contributed by atoms with van der Waals surface area (Å²) in [6.07, 6.45) is 3.06. The molecular weight excluding hydrogens is 417 g/mol. The smallest absolute Gasteiger partial charge is 0.246 e. The number of amides is 1. The number of halogens is 1. The van der Waals surface area contributed by atoms with Gasteiger partial charge in [-0.05, 0) is 42.5 Å². The minimum absolute atomic E-state index is 0.0344. The first kappa shape index (κ1) is 21.9. The van der Waals surface area contributed by atoms with Crippen molar-refractivity contribution in [2.75, 3.05) is 39.8 Å². The Labute approximate surface area is 183 Å². The Kier molecular flexibility index (Phi) is 6.41. The van der Waals surface area contributed by atoms with Crippen LogP contribution in [-0.4, -0.2) is 68.2 Å². The van der Waals surface area contributed by atoms with Gasteiger partial charge < -0.3 is 4.90 Å². The Hall–Kier alpha value is -2.29. The maximum absolute atomic E-state index is 14.0. The molecule has 4 rings (SSSR count). The lowest BCUT2D eigenvalue weighted by atomic mass is 9.87. The summed E-state index contributed by atoms with van der Waals surface area (Å²) in [5.41, 5.74) is 2.54. The SMILES string of the molecule is CN(C(=O)CN1CCN(S(=O)(=O)c2ccccc2F)CC1)C1CCCc2ccccc21. The molecular formula is C23H28FN3O3S. The van der Waals surface area contributed by atoms with Gasteiger partial charge >= 0.3 is 0 Å². The molecule has 1 saturated heterocycles. The lowest BCUT2D eigenvalue weighted by molar-refractivity contribution is -0.133. The number of nitrogens with zero attached hydrogens (tertiary/aromatic N) is 3. The summed E-state index contributed by atoms with van der Waals surface area (Å²) < 4.78 is 40.8. The number of likely N-dealkylation sites (N-methyl/N-ethyl adjacent to an activating group) is 1. The van der Waals surface area contributed by atoms with Crippen molar-refractivity contribution in [2.24, 2.45) is 0 Å². The van der Waals surface area contributed by atoms with Crippen LogP contribution >= 0.6 is 0 Å². The summed E-state index contributed by atoms with van der Waals surface area (Å²) in [5, 5.41) is 0. The Morgan fingerprint density at radius 3 is 2.48 bits per heavy atom. The average Bonchev–Trinajstić information content (AvgIpc) is 2.78. The van der Waals surface area contributed by atoms with E-state index in [0.717, 1.165) is 25.3 Å². The van der Waals surface area contributed by atoms with Gasteiger partial charge in [0.05, 0.1) is 12.6 Å². The van der Waals surface area contributed by atoms with E-state index in [-0.39, 0.29) is 36.5 Å². The number of sulfonamides is 1. The average molecular weight is 446 g/mol. The molecule has 1 fully saturated rings. The lowest BCUT2D eigenvalue weighted by Crippen LogP contribution is -2.51. The van der Waals surface area contributed by atoms with Crippen molar-refractivity contribution in [3.63, 3.8) is 0 Å². The van der Waals surface area contributed by atoms with E-state index in [2.05, 4.69) is 12.1 Å². The molecule has 0 N–H and O–H groups in total. The van der Waals surface area contributed by atoms with Gasteiger partial charge in [0.1, 0.15) is 10.7 Å². The highest BCUT2D eigenvalue weighted by Crippen LogP contribution is 2.33. The van der Waals surface area contributed by atoms with Gasteiger partial charge in [0.25, 0.3) is 0 Å². The van der Waals surface area contributed by atoms with Gasteiger partial charge in [0.2, 0.25) is 15.9 Å². The van der Waals surface area contributed by atoms with Crippen molar-refractivity contribution in [3.8, 4) is 0 Å². The van der Waals surface area contributed by atoms with Gasteiger partial charge in [-0.1, -0.05) is 36.4 Å². The summed E-state index contributed by atoms with van der Waals surface area (Å²) in [4.78, 5) is 16.5. The molecule has 1 aliphatic carbocycles. The van der Waals surface area contributed by atoms with E-state index < -0.39 is 15.8 Å². The monoisotopic (exact) mass is 445 g/mol. The molecule has 2 aromatic rings. The number of carbonyl (C=O) groups excluding carboxylic acids is 1. The zero-order valence-electron chi connectivity index (χ0n) is 17.7. The van der Waals surface area contributed by atoms with Crippen LogP contribution in [-0.2, 0) is 21.2 Å². The molecule has 0 saturated carbocycles. The van der Waals surface area contributed by atoms with Crippen LogP contribution < -0.4 is 0 Å². The van der Waals surface area contributed by atoms with Gasteiger partial charge in [-0.15, -0.1) is 0 Å². The van der Waals surface area contributed by atoms with Crippen LogP contribution in [0.2, 0.25) is 0 Å². The van der Waals surface area contributed by atoms with Crippen molar-refractivity contribution in [1.82, 2.24) is 14.1 Å². The van der Waals surface area contributed by atoms with Crippen LogP contribution in [0.15, 0.2) is 53.4 Å². The van der Waals surface area contributed by atoms with E-state index in [1.165, 1.54) is 33.6 Å². The first-order valence-electron chi connectivity index (χ1n) is 10.7. The Morgan fingerprint density at radius 1 is 1.06 bits per heavy atom. The second-order valence-corrected chi connectivity index (χ2v) is 10.1. The summed E-state index contributed by atoms with van der Waals surface area (Å²) in [6.45, 7) is 1.60. The molecule has 1 amide bonds. The summed E-state index contributed by atoms with van der Waals surface area (Å²) in [5.74, 6) is -0.707. The molecule has 0 aromatic heterocycles. The first-order valence-corrected chi connectivity index (χ1v) is 12.1. The molecule has 0 radical (unpaired) electrons. The third kappa shape index (κ3) is 4.51. The highest BCUT2D eigenvalue weighted by Gasteiger charge is 2.32. The molecule has 2 aliphatic rings. The molecule has 2 aromatic carbocycles. The van der Waals surface area contributed by atoms with Crippen molar-refractivity contribution in [2.45, 2.75) is 30.2 Å². The van der Waals surface area contributed by atoms with Crippen molar-refractivity contribution >= 4 is 15.9 Å². The number of aryl methyl sites for hydroxylation is 1. The Bertz CT molecular complexity index is 1050. The van der Waals surface area contributed by atoms with Crippen molar-refractivity contribution < 1.29 is 17.6 Å². The maximum Gasteiger partial charge on any atom is 0.246 e. The Morgan fingerprint density at radius 2 is 1.74 bits per heavy atom. The standard InChI is InChI=1S/C23H28FN3O3S/c1-25(21-11-6-8-18-7-2-3-9-19(18)21)23(28)17-26-13-15-27(16-14-26)31(29,30)22-12-5-4-10-20(22)24/h2-5,7,9-10,12,21H,6,8,11,13-17H2,1H3. The molecule has 6 nitrogen and oxygen atoms in total. The molecule has 1 aliphatic heterocycles. The van der Waals surface area contributed by atoms with Gasteiger partial charge in [-0.25, -0.2) is 12.8 Å². The number of fused-ring (bicyclic) bond motifs is 1. The van der Waals surface area contributed by atoms with Crippen LogP contribution in [0, 0.1) is 5.82 Å². The van der Waals surface area contributed by atoms with Crippen LogP contribution in [0.3, 0.4) is 0 Å². The number of hydrogen-bond donors (Lipinski definition) is 0. The molecule has 0 spiro atoms. The van der Waals surface area contributed by atoms with Crippen LogP contribution in [0.4, 0.5) is 4.39 Å². The minimum atomic E-state index is -3.88. The van der Waals surface area contributed by atoms with Gasteiger partial charge in [-0.2, -0.15) is 4.31 Å². The minimum Gasteiger partial charge on any atom is -0.338 e. The third-order valence-corrected chi connectivity index (χ3v) is 8.28. The number of piperazine rings is 1. The lowest BCUT2D eigenvalue weighted by Gasteiger charge is -2.37. The molecule has 31 heavy (non-hydrogen) atoms. The van der Waals surface area contributed by atoms with Crippen molar-refractivity contribution in [3.05, 3.63) is 65.5 Å². The summed E-state index contributed by atoms with van der Waals surface area (Å²) in [7, 11) is -2.02. The van der Waals surface area contributed by atoms with Crippen molar-refractivity contribution in [1.29, 1.82) is 0 Å². The number of hydrogen-bond acceptors (Lipinski definition) is 4. The molecule has 8 heteroatoms. The number of rotatable bonds is 5. The largest absolute Gasteiger partial charge is 0.338 e. The highest BCUT2D eigenvalue weighted by molar-refractivity contribution is 7.89. The molecule has 1 unspecified atom stereocenters. The highest BCUT2D eigenvalue weighted by atomic mass is 32.2. The molecule has 166 valence electrons. The molecule has 0 bridgehead atoms. The summed E-state index contributed by atoms with van der Waals surface area (Å²) in [6, 6.07) is 13.8. The molecule has 1 atom stereocenters. The topological polar surface area (TPSA) is 60.9 Å². The van der Waals surface area contributed by atoms with E-state index >= 15 is 0 Å². The van der Waals surface area contributed by atoms with E-state index in [4.69, 9.17) is 0 Å². The van der Waals surface area contributed by atoms with E-state index in [1.807, 2.05) is 29.0 Å². The first-order chi connectivity index (χ1) is 14.9. The van der Waals surface area contributed by atoms with Crippen LogP contribution in [0.25, 0.3) is 0 Å². The van der Waals surface area contributed by atoms with Crippen LogP contribution in [0.1, 0.15) is 30.0 Å². The van der Waals surface area contributed by atoms with E-state index in [9.17, 15) is 17.6 Å². The third-order valence-electron chi connectivity index (χ3n) is 6.34. The fraction of sp³-hybridized carbons (Fsp3) is 0.435. The summed E-state index contributed by atoms with van der Waals surface area (Å²) >= 11 is 0. The van der Waals surface area contributed by atoms with E-state index in [1.54, 1.807) is 0 Å². The number of carbonyl (C=O) groups is 1. The molecule has 1 heterocycles. The fourth-order valence-electron chi connectivity index (χ4n) is 4.53. The van der Waals surface area contributed by atoms with Gasteiger partial charge in [0, 0.05) is 33.2 Å². The normalized spacial score (nSPS) is 20.3.